The SMILES string of the molecule is O=C(CC(S)C1CCCCC1)C1CCCCC1. The van der Waals surface area contributed by atoms with Gasteiger partial charge in [-0.15, -0.1) is 0 Å². The van der Waals surface area contributed by atoms with Crippen molar-refractivity contribution in [2.24, 2.45) is 11.8 Å². The maximum absolute atomic E-state index is 12.2. The monoisotopic (exact) mass is 254 g/mol. The first-order chi connectivity index (χ1) is 8.27. The molecule has 98 valence electrons. The van der Waals surface area contributed by atoms with Crippen molar-refractivity contribution in [1.29, 1.82) is 0 Å². The normalized spacial score (nSPS) is 25.7. The van der Waals surface area contributed by atoms with Crippen molar-refractivity contribution in [3.8, 4) is 0 Å². The average Bonchev–Trinajstić information content (AvgIpc) is 2.40. The second kappa shape index (κ2) is 6.82. The van der Waals surface area contributed by atoms with Crippen molar-refractivity contribution in [2.45, 2.75) is 75.9 Å². The maximum atomic E-state index is 12.2. The van der Waals surface area contributed by atoms with Crippen molar-refractivity contribution in [3.63, 3.8) is 0 Å². The molecule has 1 unspecified atom stereocenters. The summed E-state index contributed by atoms with van der Waals surface area (Å²) in [5.74, 6) is 1.59. The Balaban J connectivity index is 1.76. The van der Waals surface area contributed by atoms with Gasteiger partial charge in [0.05, 0.1) is 0 Å². The van der Waals surface area contributed by atoms with Gasteiger partial charge in [0.25, 0.3) is 0 Å². The van der Waals surface area contributed by atoms with Crippen LogP contribution >= 0.6 is 12.6 Å². The number of ketones is 1. The van der Waals surface area contributed by atoms with Gasteiger partial charge in [0.1, 0.15) is 5.78 Å². The largest absolute Gasteiger partial charge is 0.299 e. The van der Waals surface area contributed by atoms with Gasteiger partial charge >= 0.3 is 0 Å². The highest BCUT2D eigenvalue weighted by molar-refractivity contribution is 7.81. The predicted octanol–water partition coefficient (Wildman–Crippen LogP) is 4.40. The van der Waals surface area contributed by atoms with Crippen molar-refractivity contribution in [1.82, 2.24) is 0 Å². The Morgan fingerprint density at radius 3 is 2.06 bits per heavy atom. The Hall–Kier alpha value is 0.0200. The molecule has 0 spiro atoms. The smallest absolute Gasteiger partial charge is 0.137 e. The van der Waals surface area contributed by atoms with E-state index in [0.29, 0.717) is 22.9 Å². The number of carbonyl (C=O) groups excluding carboxylic acids is 1. The van der Waals surface area contributed by atoms with E-state index in [1.807, 2.05) is 0 Å². The van der Waals surface area contributed by atoms with Crippen LogP contribution in [0.15, 0.2) is 0 Å². The second-order valence-electron chi connectivity index (χ2n) is 5.97. The molecule has 17 heavy (non-hydrogen) atoms. The molecule has 1 atom stereocenters. The quantitative estimate of drug-likeness (QED) is 0.736. The molecular weight excluding hydrogens is 228 g/mol. The van der Waals surface area contributed by atoms with E-state index in [0.717, 1.165) is 19.3 Å². The summed E-state index contributed by atoms with van der Waals surface area (Å²) < 4.78 is 0. The van der Waals surface area contributed by atoms with Gasteiger partial charge in [-0.05, 0) is 31.6 Å². The summed E-state index contributed by atoms with van der Waals surface area (Å²) >= 11 is 4.71. The lowest BCUT2D eigenvalue weighted by molar-refractivity contribution is -0.124. The van der Waals surface area contributed by atoms with E-state index >= 15 is 0 Å². The van der Waals surface area contributed by atoms with Crippen LogP contribution in [0.25, 0.3) is 0 Å². The fourth-order valence-corrected chi connectivity index (χ4v) is 3.96. The molecule has 0 aromatic carbocycles. The van der Waals surface area contributed by atoms with E-state index in [-0.39, 0.29) is 0 Å². The van der Waals surface area contributed by atoms with Crippen LogP contribution in [-0.2, 0) is 4.79 Å². The van der Waals surface area contributed by atoms with E-state index in [1.165, 1.54) is 51.4 Å². The van der Waals surface area contributed by atoms with Gasteiger partial charge in [-0.2, -0.15) is 12.6 Å². The molecule has 0 aromatic heterocycles. The van der Waals surface area contributed by atoms with Crippen molar-refractivity contribution in [3.05, 3.63) is 0 Å². The van der Waals surface area contributed by atoms with Crippen molar-refractivity contribution in [2.75, 3.05) is 0 Å². The lowest BCUT2D eigenvalue weighted by atomic mass is 9.81. The summed E-state index contributed by atoms with van der Waals surface area (Å²) in [4.78, 5) is 12.2. The first-order valence-corrected chi connectivity index (χ1v) is 8.00. The van der Waals surface area contributed by atoms with Crippen molar-refractivity contribution < 1.29 is 4.79 Å². The number of thiol groups is 1. The Morgan fingerprint density at radius 1 is 0.941 bits per heavy atom. The molecule has 0 heterocycles. The Labute approximate surface area is 111 Å². The van der Waals surface area contributed by atoms with Gasteiger partial charge in [0, 0.05) is 17.6 Å². The van der Waals surface area contributed by atoms with Gasteiger partial charge in [0.2, 0.25) is 0 Å². The van der Waals surface area contributed by atoms with Crippen LogP contribution in [0.3, 0.4) is 0 Å². The van der Waals surface area contributed by atoms with Crippen LogP contribution in [0.4, 0.5) is 0 Å². The van der Waals surface area contributed by atoms with E-state index in [4.69, 9.17) is 12.6 Å². The standard InChI is InChI=1S/C15H26OS/c16-14(12-7-3-1-4-8-12)11-15(17)13-9-5-2-6-10-13/h12-13,15,17H,1-11H2. The lowest BCUT2D eigenvalue weighted by Gasteiger charge is -2.28. The Morgan fingerprint density at radius 2 is 1.47 bits per heavy atom. The fourth-order valence-electron chi connectivity index (χ4n) is 3.48. The molecule has 0 saturated heterocycles. The Kier molecular flexibility index (Phi) is 5.40. The summed E-state index contributed by atoms with van der Waals surface area (Å²) in [5.41, 5.74) is 0. The zero-order chi connectivity index (χ0) is 12.1. The molecule has 2 fully saturated rings. The molecule has 1 nitrogen and oxygen atoms in total. The average molecular weight is 254 g/mol. The third kappa shape index (κ3) is 4.01. The predicted molar refractivity (Wildman–Crippen MR) is 75.5 cm³/mol. The summed E-state index contributed by atoms with van der Waals surface area (Å²) in [7, 11) is 0. The van der Waals surface area contributed by atoms with E-state index in [1.54, 1.807) is 0 Å². The molecule has 2 saturated carbocycles. The van der Waals surface area contributed by atoms with Gasteiger partial charge in [0.15, 0.2) is 0 Å². The molecule has 2 aliphatic rings. The molecule has 0 aromatic rings. The Bertz CT molecular complexity index is 239. The molecule has 2 rings (SSSR count). The van der Waals surface area contributed by atoms with Gasteiger partial charge in [-0.3, -0.25) is 4.79 Å². The third-order valence-corrected chi connectivity index (χ3v) is 5.27. The van der Waals surface area contributed by atoms with Gasteiger partial charge < -0.3 is 0 Å². The van der Waals surface area contributed by atoms with E-state index in [9.17, 15) is 4.79 Å². The minimum absolute atomic E-state index is 0.338. The number of hydrogen-bond donors (Lipinski definition) is 1. The molecule has 0 N–H and O–H groups in total. The van der Waals surface area contributed by atoms with Crippen LogP contribution in [0.1, 0.15) is 70.6 Å². The zero-order valence-electron chi connectivity index (χ0n) is 10.9. The number of carbonyl (C=O) groups is 1. The van der Waals surface area contributed by atoms with E-state index < -0.39 is 0 Å². The van der Waals surface area contributed by atoms with Gasteiger partial charge in [-0.25, -0.2) is 0 Å². The summed E-state index contributed by atoms with van der Waals surface area (Å²) in [6.45, 7) is 0. The van der Waals surface area contributed by atoms with Crippen LogP contribution in [0.2, 0.25) is 0 Å². The molecule has 0 bridgehead atoms. The second-order valence-corrected chi connectivity index (χ2v) is 6.63. The molecule has 0 radical (unpaired) electrons. The highest BCUT2D eigenvalue weighted by Gasteiger charge is 2.27. The van der Waals surface area contributed by atoms with Crippen LogP contribution in [0.5, 0.6) is 0 Å². The minimum Gasteiger partial charge on any atom is -0.299 e. The first-order valence-electron chi connectivity index (χ1n) is 7.48. The number of Topliss-reactive ketones (excluding diaryl/α,β-unsaturated/α-hetero) is 1. The topological polar surface area (TPSA) is 17.1 Å². The number of rotatable bonds is 4. The first kappa shape index (κ1) is 13.5. The van der Waals surface area contributed by atoms with E-state index in [2.05, 4.69) is 0 Å². The molecule has 0 amide bonds. The summed E-state index contributed by atoms with van der Waals surface area (Å²) in [6.07, 6.45) is 13.5. The highest BCUT2D eigenvalue weighted by Crippen LogP contribution is 2.33. The van der Waals surface area contributed by atoms with Crippen LogP contribution < -0.4 is 0 Å². The van der Waals surface area contributed by atoms with Gasteiger partial charge in [-0.1, -0.05) is 38.5 Å². The maximum Gasteiger partial charge on any atom is 0.137 e. The molecule has 0 aliphatic heterocycles. The summed E-state index contributed by atoms with van der Waals surface area (Å²) in [5, 5.41) is 0.338. The van der Waals surface area contributed by atoms with Crippen LogP contribution in [0, 0.1) is 11.8 Å². The molecule has 2 heteroatoms. The number of hydrogen-bond acceptors (Lipinski definition) is 2. The highest BCUT2D eigenvalue weighted by atomic mass is 32.1. The lowest BCUT2D eigenvalue weighted by Crippen LogP contribution is -2.26. The molecule has 2 aliphatic carbocycles. The fraction of sp³-hybridized carbons (Fsp3) is 0.933. The minimum atomic E-state index is 0.338. The third-order valence-electron chi connectivity index (χ3n) is 4.66. The molecular formula is C15H26OS. The van der Waals surface area contributed by atoms with Crippen LogP contribution in [-0.4, -0.2) is 11.0 Å². The zero-order valence-corrected chi connectivity index (χ0v) is 11.8. The van der Waals surface area contributed by atoms with Crippen molar-refractivity contribution >= 4 is 18.4 Å². The summed E-state index contributed by atoms with van der Waals surface area (Å²) in [6, 6.07) is 0.